The van der Waals surface area contributed by atoms with Crippen LogP contribution in [0.15, 0.2) is 12.1 Å². The largest absolute Gasteiger partial charge is 0.378 e. The van der Waals surface area contributed by atoms with E-state index in [4.69, 9.17) is 5.73 Å². The molecule has 0 aromatic heterocycles. The number of nitrogens with zero attached hydrogens (tertiary/aromatic N) is 1. The van der Waals surface area contributed by atoms with Gasteiger partial charge >= 0.3 is 6.03 Å². The van der Waals surface area contributed by atoms with Gasteiger partial charge in [0.25, 0.3) is 5.69 Å². The van der Waals surface area contributed by atoms with E-state index in [1.165, 1.54) is 0 Å². The Morgan fingerprint density at radius 1 is 1.50 bits per heavy atom. The number of primary amides is 1. The number of nitro groups is 1. The molecule has 0 aliphatic rings. The summed E-state index contributed by atoms with van der Waals surface area (Å²) >= 11 is 1.67. The standard InChI is InChI=1S/C9H10FIN4O3/c10-5-3-7(13-1-2-14-9(12)16)8(15(17)18)4-6(5)11/h3-4,13H,1-2H2,(H3,12,14,16). The van der Waals surface area contributed by atoms with Crippen LogP contribution in [-0.4, -0.2) is 24.0 Å². The van der Waals surface area contributed by atoms with E-state index in [9.17, 15) is 19.3 Å². The number of carbonyl (C=O) groups is 1. The van der Waals surface area contributed by atoms with Gasteiger partial charge in [-0.2, -0.15) is 0 Å². The van der Waals surface area contributed by atoms with E-state index in [2.05, 4.69) is 10.6 Å². The summed E-state index contributed by atoms with van der Waals surface area (Å²) in [6.07, 6.45) is 0. The normalized spacial score (nSPS) is 9.89. The molecule has 4 N–H and O–H groups in total. The van der Waals surface area contributed by atoms with E-state index < -0.39 is 16.8 Å². The molecule has 98 valence electrons. The molecule has 1 aromatic rings. The minimum atomic E-state index is -0.694. The summed E-state index contributed by atoms with van der Waals surface area (Å²) in [6.45, 7) is 0.379. The Kier molecular flexibility index (Phi) is 5.07. The van der Waals surface area contributed by atoms with E-state index in [1.807, 2.05) is 0 Å². The second-order valence-electron chi connectivity index (χ2n) is 3.26. The number of hydrogen-bond donors (Lipinski definition) is 3. The van der Waals surface area contributed by atoms with E-state index >= 15 is 0 Å². The third kappa shape index (κ3) is 3.98. The van der Waals surface area contributed by atoms with E-state index in [0.717, 1.165) is 12.1 Å². The molecule has 0 saturated heterocycles. The van der Waals surface area contributed by atoms with Gasteiger partial charge in [0, 0.05) is 25.2 Å². The highest BCUT2D eigenvalue weighted by Gasteiger charge is 2.16. The molecular weight excluding hydrogens is 358 g/mol. The first-order valence-electron chi connectivity index (χ1n) is 4.82. The molecule has 0 heterocycles. The molecule has 0 aliphatic heterocycles. The fourth-order valence-electron chi connectivity index (χ4n) is 1.21. The van der Waals surface area contributed by atoms with Gasteiger partial charge in [-0.3, -0.25) is 10.1 Å². The van der Waals surface area contributed by atoms with E-state index in [-0.39, 0.29) is 28.0 Å². The SMILES string of the molecule is NC(=O)NCCNc1cc(F)c(I)cc1[N+](=O)[O-]. The van der Waals surface area contributed by atoms with Gasteiger partial charge < -0.3 is 16.4 Å². The molecule has 0 aliphatic carbocycles. The van der Waals surface area contributed by atoms with Crippen molar-refractivity contribution in [3.8, 4) is 0 Å². The number of halogens is 2. The van der Waals surface area contributed by atoms with Crippen molar-refractivity contribution in [2.45, 2.75) is 0 Å². The lowest BCUT2D eigenvalue weighted by atomic mass is 10.2. The van der Waals surface area contributed by atoms with Gasteiger partial charge in [-0.05, 0) is 22.6 Å². The zero-order chi connectivity index (χ0) is 13.7. The van der Waals surface area contributed by atoms with Crippen molar-refractivity contribution in [2.24, 2.45) is 5.73 Å². The topological polar surface area (TPSA) is 110 Å². The van der Waals surface area contributed by atoms with Crippen LogP contribution < -0.4 is 16.4 Å². The lowest BCUT2D eigenvalue weighted by Gasteiger charge is -2.08. The number of amides is 2. The number of nitrogens with two attached hydrogens (primary N) is 1. The number of rotatable bonds is 5. The van der Waals surface area contributed by atoms with Crippen LogP contribution in [0.1, 0.15) is 0 Å². The van der Waals surface area contributed by atoms with Crippen molar-refractivity contribution in [1.82, 2.24) is 5.32 Å². The highest BCUT2D eigenvalue weighted by molar-refractivity contribution is 14.1. The number of urea groups is 1. The summed E-state index contributed by atoms with van der Waals surface area (Å²) in [4.78, 5) is 20.6. The summed E-state index contributed by atoms with van der Waals surface area (Å²) < 4.78 is 13.5. The molecule has 1 rings (SSSR count). The average molecular weight is 368 g/mol. The highest BCUT2D eigenvalue weighted by Crippen LogP contribution is 2.28. The van der Waals surface area contributed by atoms with Gasteiger partial charge in [-0.1, -0.05) is 0 Å². The van der Waals surface area contributed by atoms with Crippen molar-refractivity contribution < 1.29 is 14.1 Å². The molecule has 0 radical (unpaired) electrons. The number of carbonyl (C=O) groups excluding carboxylic acids is 1. The number of anilines is 1. The van der Waals surface area contributed by atoms with Crippen LogP contribution in [0.25, 0.3) is 0 Å². The Morgan fingerprint density at radius 3 is 2.72 bits per heavy atom. The second kappa shape index (κ2) is 6.33. The first-order valence-corrected chi connectivity index (χ1v) is 5.90. The van der Waals surface area contributed by atoms with Crippen LogP contribution in [0.5, 0.6) is 0 Å². The van der Waals surface area contributed by atoms with Gasteiger partial charge in [0.2, 0.25) is 0 Å². The van der Waals surface area contributed by atoms with Crippen LogP contribution >= 0.6 is 22.6 Å². The molecule has 0 fully saturated rings. The van der Waals surface area contributed by atoms with Gasteiger partial charge in [-0.15, -0.1) is 0 Å². The molecule has 1 aromatic carbocycles. The predicted octanol–water partition coefficient (Wildman–Crippen LogP) is 1.42. The maximum atomic E-state index is 13.3. The smallest absolute Gasteiger partial charge is 0.312 e. The number of nitro benzene ring substituents is 1. The molecule has 0 spiro atoms. The predicted molar refractivity (Wildman–Crippen MR) is 71.8 cm³/mol. The summed E-state index contributed by atoms with van der Waals surface area (Å²) in [5, 5.41) is 15.7. The first kappa shape index (κ1) is 14.4. The zero-order valence-corrected chi connectivity index (χ0v) is 11.2. The van der Waals surface area contributed by atoms with Gasteiger partial charge in [0.05, 0.1) is 8.49 Å². The third-order valence-electron chi connectivity index (χ3n) is 1.97. The molecule has 0 atom stereocenters. The van der Waals surface area contributed by atoms with Crippen LogP contribution in [0.3, 0.4) is 0 Å². The number of benzene rings is 1. The summed E-state index contributed by atoms with van der Waals surface area (Å²) in [7, 11) is 0. The summed E-state index contributed by atoms with van der Waals surface area (Å²) in [5.41, 5.74) is 4.68. The average Bonchev–Trinajstić information content (AvgIpc) is 2.28. The summed E-state index contributed by atoms with van der Waals surface area (Å²) in [5.74, 6) is -0.549. The molecule has 0 unspecified atom stereocenters. The molecular formula is C9H10FIN4O3. The number of nitrogens with one attached hydrogen (secondary N) is 2. The Hall–Kier alpha value is -1.65. The lowest BCUT2D eigenvalue weighted by molar-refractivity contribution is -0.384. The van der Waals surface area contributed by atoms with Gasteiger partial charge in [0.15, 0.2) is 0 Å². The van der Waals surface area contributed by atoms with Gasteiger partial charge in [-0.25, -0.2) is 9.18 Å². The quantitative estimate of drug-likeness (QED) is 0.316. The van der Waals surface area contributed by atoms with E-state index in [0.29, 0.717) is 0 Å². The zero-order valence-electron chi connectivity index (χ0n) is 9.07. The van der Waals surface area contributed by atoms with Crippen molar-refractivity contribution in [3.05, 3.63) is 31.6 Å². The fourth-order valence-corrected chi connectivity index (χ4v) is 1.66. The van der Waals surface area contributed by atoms with Gasteiger partial charge in [0.1, 0.15) is 11.5 Å². The monoisotopic (exact) mass is 368 g/mol. The Morgan fingerprint density at radius 2 is 2.17 bits per heavy atom. The number of hydrogen-bond acceptors (Lipinski definition) is 4. The maximum Gasteiger partial charge on any atom is 0.312 e. The molecule has 7 nitrogen and oxygen atoms in total. The highest BCUT2D eigenvalue weighted by atomic mass is 127. The lowest BCUT2D eigenvalue weighted by Crippen LogP contribution is -2.33. The Balaban J connectivity index is 2.77. The fraction of sp³-hybridized carbons (Fsp3) is 0.222. The van der Waals surface area contributed by atoms with Crippen LogP contribution in [-0.2, 0) is 0 Å². The second-order valence-corrected chi connectivity index (χ2v) is 4.42. The third-order valence-corrected chi connectivity index (χ3v) is 2.80. The molecule has 9 heteroatoms. The minimum absolute atomic E-state index is 0.0594. The van der Waals surface area contributed by atoms with Crippen molar-refractivity contribution >= 4 is 40.0 Å². The van der Waals surface area contributed by atoms with Crippen molar-refractivity contribution in [3.63, 3.8) is 0 Å². The Bertz CT molecular complexity index is 483. The van der Waals surface area contributed by atoms with Crippen molar-refractivity contribution in [2.75, 3.05) is 18.4 Å². The summed E-state index contributed by atoms with van der Waals surface area (Å²) in [6, 6.07) is 1.49. The molecule has 18 heavy (non-hydrogen) atoms. The Labute approximate surface area is 115 Å². The van der Waals surface area contributed by atoms with E-state index in [1.54, 1.807) is 22.6 Å². The molecule has 0 saturated carbocycles. The maximum absolute atomic E-state index is 13.3. The minimum Gasteiger partial charge on any atom is -0.378 e. The van der Waals surface area contributed by atoms with Crippen molar-refractivity contribution in [1.29, 1.82) is 0 Å². The van der Waals surface area contributed by atoms with Crippen LogP contribution in [0.2, 0.25) is 0 Å². The van der Waals surface area contributed by atoms with Crippen LogP contribution in [0.4, 0.5) is 20.6 Å². The molecule has 0 bridgehead atoms. The van der Waals surface area contributed by atoms with Crippen LogP contribution in [0, 0.1) is 19.5 Å². The first-order chi connectivity index (χ1) is 8.41. The molecule has 2 amide bonds.